The van der Waals surface area contributed by atoms with Gasteiger partial charge in [-0.2, -0.15) is 0 Å². The maximum absolute atomic E-state index is 11.6. The molecule has 2 rings (SSSR count). The number of aliphatic carboxylic acids is 1. The van der Waals surface area contributed by atoms with Gasteiger partial charge in [0.15, 0.2) is 0 Å². The van der Waals surface area contributed by atoms with Crippen LogP contribution in [0.4, 0.5) is 0 Å². The molecule has 1 N–H and O–H groups in total. The highest BCUT2D eigenvalue weighted by Crippen LogP contribution is 2.40. The fourth-order valence-corrected chi connectivity index (χ4v) is 2.64. The first kappa shape index (κ1) is 12.6. The van der Waals surface area contributed by atoms with Crippen molar-refractivity contribution in [3.8, 4) is 0 Å². The first-order chi connectivity index (χ1) is 8.37. The lowest BCUT2D eigenvalue weighted by Crippen LogP contribution is -2.48. The Bertz CT molecular complexity index is 457. The van der Waals surface area contributed by atoms with Crippen LogP contribution >= 0.6 is 0 Å². The van der Waals surface area contributed by atoms with Crippen LogP contribution in [0.2, 0.25) is 0 Å². The predicted octanol–water partition coefficient (Wildman–Crippen LogP) is 0.325. The maximum atomic E-state index is 11.6. The molecule has 1 saturated heterocycles. The lowest BCUT2D eigenvalue weighted by molar-refractivity contribution is -0.153. The molecule has 0 aliphatic carbocycles. The Kier molecular flexibility index (Phi) is 2.88. The Morgan fingerprint density at radius 2 is 1.89 bits per heavy atom. The third-order valence-corrected chi connectivity index (χ3v) is 3.66. The van der Waals surface area contributed by atoms with Crippen molar-refractivity contribution in [3.05, 3.63) is 11.1 Å². The summed E-state index contributed by atoms with van der Waals surface area (Å²) in [7, 11) is 0. The zero-order valence-electron chi connectivity index (χ0n) is 10.4. The highest BCUT2D eigenvalue weighted by Gasteiger charge is 2.51. The van der Waals surface area contributed by atoms with E-state index in [0.29, 0.717) is 25.9 Å². The number of rotatable bonds is 1. The summed E-state index contributed by atoms with van der Waals surface area (Å²) in [5, 5.41) is 9.22. The van der Waals surface area contributed by atoms with E-state index in [1.165, 1.54) is 13.8 Å². The van der Waals surface area contributed by atoms with E-state index in [0.717, 1.165) is 0 Å². The fraction of sp³-hybridized carbons (Fsp3) is 0.583. The van der Waals surface area contributed by atoms with Gasteiger partial charge in [0.1, 0.15) is 5.60 Å². The first-order valence-corrected chi connectivity index (χ1v) is 5.81. The van der Waals surface area contributed by atoms with Gasteiger partial charge in [-0.1, -0.05) is 0 Å². The lowest BCUT2D eigenvalue weighted by atomic mass is 9.83. The monoisotopic (exact) mass is 253 g/mol. The minimum absolute atomic E-state index is 0.0493. The Labute approximate surface area is 104 Å². The molecule has 0 aromatic heterocycles. The summed E-state index contributed by atoms with van der Waals surface area (Å²) in [6, 6.07) is 0. The van der Waals surface area contributed by atoms with Gasteiger partial charge in [0.05, 0.1) is 5.57 Å². The van der Waals surface area contributed by atoms with Crippen molar-refractivity contribution in [2.75, 3.05) is 13.1 Å². The molecule has 6 heteroatoms. The molecule has 0 saturated carbocycles. The first-order valence-electron chi connectivity index (χ1n) is 5.81. The van der Waals surface area contributed by atoms with E-state index in [2.05, 4.69) is 0 Å². The summed E-state index contributed by atoms with van der Waals surface area (Å²) in [5.74, 6) is -1.73. The quantitative estimate of drug-likeness (QED) is 0.680. The van der Waals surface area contributed by atoms with Gasteiger partial charge in [0, 0.05) is 38.4 Å². The number of carboxylic acids is 1. The average Bonchev–Trinajstić information content (AvgIpc) is 2.51. The molecule has 18 heavy (non-hydrogen) atoms. The molecule has 1 amide bonds. The fourth-order valence-electron chi connectivity index (χ4n) is 2.64. The van der Waals surface area contributed by atoms with E-state index in [1.54, 1.807) is 4.90 Å². The van der Waals surface area contributed by atoms with Crippen LogP contribution in [0.25, 0.3) is 0 Å². The van der Waals surface area contributed by atoms with E-state index in [4.69, 9.17) is 4.74 Å². The van der Waals surface area contributed by atoms with Gasteiger partial charge in [-0.3, -0.25) is 4.79 Å². The zero-order chi connectivity index (χ0) is 13.5. The Balaban J connectivity index is 2.27. The number of carbonyl (C=O) groups is 3. The summed E-state index contributed by atoms with van der Waals surface area (Å²) in [6.07, 6.45) is 0.689. The molecule has 0 bridgehead atoms. The SMILES string of the molecule is CC(=O)N1CCC2(CC1)OC(=O)C(C)=C2C(=O)O. The Hall–Kier alpha value is -1.85. The number of likely N-dealkylation sites (tertiary alicyclic amines) is 1. The number of amides is 1. The minimum Gasteiger partial charge on any atom is -0.478 e. The molecular formula is C12H15NO5. The number of ether oxygens (including phenoxy) is 1. The molecule has 6 nitrogen and oxygen atoms in total. The van der Waals surface area contributed by atoms with Crippen LogP contribution < -0.4 is 0 Å². The normalized spacial score (nSPS) is 22.3. The summed E-state index contributed by atoms with van der Waals surface area (Å²) in [6.45, 7) is 3.76. The third-order valence-electron chi connectivity index (χ3n) is 3.66. The van der Waals surface area contributed by atoms with E-state index < -0.39 is 17.5 Å². The van der Waals surface area contributed by atoms with E-state index in [-0.39, 0.29) is 17.1 Å². The molecule has 0 radical (unpaired) electrons. The predicted molar refractivity (Wildman–Crippen MR) is 60.6 cm³/mol. The van der Waals surface area contributed by atoms with Gasteiger partial charge in [-0.05, 0) is 6.92 Å². The van der Waals surface area contributed by atoms with Gasteiger partial charge >= 0.3 is 11.9 Å². The molecule has 2 aliphatic heterocycles. The summed E-state index contributed by atoms with van der Waals surface area (Å²) in [5.41, 5.74) is -0.826. The smallest absolute Gasteiger partial charge is 0.336 e. The van der Waals surface area contributed by atoms with Crippen LogP contribution in [0, 0.1) is 0 Å². The highest BCUT2D eigenvalue weighted by molar-refractivity contribution is 6.04. The number of hydrogen-bond acceptors (Lipinski definition) is 4. The number of nitrogens with zero attached hydrogens (tertiary/aromatic N) is 1. The molecule has 2 heterocycles. The largest absolute Gasteiger partial charge is 0.478 e. The summed E-state index contributed by atoms with van der Waals surface area (Å²) in [4.78, 5) is 35.7. The van der Waals surface area contributed by atoms with Crippen LogP contribution in [0.5, 0.6) is 0 Å². The molecule has 0 unspecified atom stereocenters. The van der Waals surface area contributed by atoms with Gasteiger partial charge in [-0.25, -0.2) is 9.59 Å². The van der Waals surface area contributed by atoms with Crippen LogP contribution in [0.3, 0.4) is 0 Å². The highest BCUT2D eigenvalue weighted by atomic mass is 16.6. The lowest BCUT2D eigenvalue weighted by Gasteiger charge is -2.38. The standard InChI is InChI=1S/C12H15NO5/c1-7-9(10(15)16)12(18-11(7)17)3-5-13(6-4-12)8(2)14/h3-6H2,1-2H3,(H,15,16). The van der Waals surface area contributed by atoms with Crippen molar-refractivity contribution in [1.29, 1.82) is 0 Å². The molecule has 1 fully saturated rings. The summed E-state index contributed by atoms with van der Waals surface area (Å²) < 4.78 is 5.27. The zero-order valence-corrected chi connectivity index (χ0v) is 10.4. The maximum Gasteiger partial charge on any atom is 0.336 e. The molecule has 98 valence electrons. The third kappa shape index (κ3) is 1.77. The second kappa shape index (κ2) is 4.12. The van der Waals surface area contributed by atoms with Crippen molar-refractivity contribution in [3.63, 3.8) is 0 Å². The molecule has 1 spiro atoms. The second-order valence-corrected chi connectivity index (χ2v) is 4.70. The van der Waals surface area contributed by atoms with Crippen LogP contribution in [0.1, 0.15) is 26.7 Å². The van der Waals surface area contributed by atoms with Crippen LogP contribution in [0.15, 0.2) is 11.1 Å². The van der Waals surface area contributed by atoms with Gasteiger partial charge in [0.25, 0.3) is 0 Å². The number of piperidine rings is 1. The van der Waals surface area contributed by atoms with E-state index in [1.807, 2.05) is 0 Å². The molecule has 0 aromatic rings. The van der Waals surface area contributed by atoms with Crippen molar-refractivity contribution in [2.45, 2.75) is 32.3 Å². The van der Waals surface area contributed by atoms with Gasteiger partial charge in [0.2, 0.25) is 5.91 Å². The van der Waals surface area contributed by atoms with E-state index in [9.17, 15) is 19.5 Å². The molecule has 0 aromatic carbocycles. The van der Waals surface area contributed by atoms with E-state index >= 15 is 0 Å². The topological polar surface area (TPSA) is 83.9 Å². The van der Waals surface area contributed by atoms with Crippen LogP contribution in [-0.4, -0.2) is 46.5 Å². The van der Waals surface area contributed by atoms with Crippen molar-refractivity contribution in [1.82, 2.24) is 4.90 Å². The van der Waals surface area contributed by atoms with Crippen molar-refractivity contribution in [2.24, 2.45) is 0 Å². The number of carbonyl (C=O) groups excluding carboxylic acids is 2. The van der Waals surface area contributed by atoms with Gasteiger partial charge < -0.3 is 14.7 Å². The molecule has 2 aliphatic rings. The molecule has 0 atom stereocenters. The average molecular weight is 253 g/mol. The van der Waals surface area contributed by atoms with Crippen molar-refractivity contribution < 1.29 is 24.2 Å². The number of carboxylic acid groups (broad SMARTS) is 1. The summed E-state index contributed by atoms with van der Waals surface area (Å²) >= 11 is 0. The minimum atomic E-state index is -1.12. The Morgan fingerprint density at radius 3 is 2.33 bits per heavy atom. The number of esters is 1. The van der Waals surface area contributed by atoms with Gasteiger partial charge in [-0.15, -0.1) is 0 Å². The van der Waals surface area contributed by atoms with Crippen molar-refractivity contribution >= 4 is 17.8 Å². The number of hydrogen-bond donors (Lipinski definition) is 1. The van der Waals surface area contributed by atoms with Crippen LogP contribution in [-0.2, 0) is 19.1 Å². The second-order valence-electron chi connectivity index (χ2n) is 4.70. The molecular weight excluding hydrogens is 238 g/mol. The Morgan fingerprint density at radius 1 is 1.33 bits per heavy atom.